The Kier molecular flexibility index (Phi) is 4.14. The number of nitrogens with two attached hydrogens (primary N) is 1. The smallest absolute Gasteiger partial charge is 0.244 e. The maximum absolute atomic E-state index is 12.1. The number of nitrogens with zero attached hydrogens (tertiary/aromatic N) is 2. The van der Waals surface area contributed by atoms with E-state index in [-0.39, 0.29) is 17.3 Å². The third-order valence-corrected chi connectivity index (χ3v) is 4.02. The lowest BCUT2D eigenvalue weighted by Crippen LogP contribution is -2.25. The molecule has 0 aromatic carbocycles. The Labute approximate surface area is 117 Å². The molecule has 0 saturated heterocycles. The molecule has 10 heteroatoms. The van der Waals surface area contributed by atoms with Crippen molar-refractivity contribution in [1.29, 1.82) is 0 Å². The van der Waals surface area contributed by atoms with Crippen molar-refractivity contribution in [2.45, 2.75) is 11.4 Å². The molecular weight excluding hydrogens is 338 g/mol. The number of hydrogen-bond acceptors (Lipinski definition) is 7. The number of hydrazine groups is 1. The Hall–Kier alpha value is -1.49. The Bertz CT molecular complexity index is 658. The average molecular weight is 348 g/mol. The lowest BCUT2D eigenvalue weighted by Gasteiger charge is -2.09. The van der Waals surface area contributed by atoms with Gasteiger partial charge in [-0.15, -0.1) is 0 Å². The SMILES string of the molecule is NNc1ncc(Br)cc1S(=O)(=O)NCc1ccno1. The normalized spacial score (nSPS) is 11.5. The van der Waals surface area contributed by atoms with Crippen molar-refractivity contribution in [3.63, 3.8) is 0 Å². The van der Waals surface area contributed by atoms with Crippen LogP contribution < -0.4 is 16.0 Å². The number of rotatable bonds is 5. The largest absolute Gasteiger partial charge is 0.360 e. The molecule has 2 heterocycles. The molecule has 0 amide bonds. The first-order valence-electron chi connectivity index (χ1n) is 5.04. The van der Waals surface area contributed by atoms with Crippen molar-refractivity contribution < 1.29 is 12.9 Å². The fourth-order valence-electron chi connectivity index (χ4n) is 1.31. The molecule has 0 spiro atoms. The molecule has 0 bridgehead atoms. The van der Waals surface area contributed by atoms with Crippen LogP contribution in [0.4, 0.5) is 5.82 Å². The zero-order valence-corrected chi connectivity index (χ0v) is 11.9. The molecule has 0 fully saturated rings. The summed E-state index contributed by atoms with van der Waals surface area (Å²) in [7, 11) is -3.77. The van der Waals surface area contributed by atoms with Gasteiger partial charge in [0.1, 0.15) is 4.90 Å². The van der Waals surface area contributed by atoms with E-state index in [1.54, 1.807) is 6.07 Å². The van der Waals surface area contributed by atoms with Crippen molar-refractivity contribution in [1.82, 2.24) is 14.9 Å². The molecule has 19 heavy (non-hydrogen) atoms. The van der Waals surface area contributed by atoms with Gasteiger partial charge in [0.2, 0.25) is 10.0 Å². The summed E-state index contributed by atoms with van der Waals surface area (Å²) < 4.78 is 31.9. The molecule has 0 aliphatic heterocycles. The van der Waals surface area contributed by atoms with Gasteiger partial charge in [0.25, 0.3) is 0 Å². The number of hydrogen-bond donors (Lipinski definition) is 3. The Morgan fingerprint density at radius 1 is 1.47 bits per heavy atom. The van der Waals surface area contributed by atoms with Crippen LogP contribution in [0.1, 0.15) is 5.76 Å². The minimum Gasteiger partial charge on any atom is -0.360 e. The van der Waals surface area contributed by atoms with Gasteiger partial charge in [0, 0.05) is 16.7 Å². The second kappa shape index (κ2) is 5.65. The standard InChI is InChI=1S/C9H10BrN5O3S/c10-6-3-8(9(15-11)12-4-6)19(16,17)14-5-7-1-2-13-18-7/h1-4,14H,5,11H2,(H,12,15). The van der Waals surface area contributed by atoms with E-state index >= 15 is 0 Å². The van der Waals surface area contributed by atoms with Crippen LogP contribution in [-0.4, -0.2) is 18.6 Å². The Morgan fingerprint density at radius 3 is 2.89 bits per heavy atom. The number of nitrogen functional groups attached to an aromatic ring is 1. The summed E-state index contributed by atoms with van der Waals surface area (Å²) >= 11 is 3.16. The lowest BCUT2D eigenvalue weighted by molar-refractivity contribution is 0.380. The van der Waals surface area contributed by atoms with Gasteiger partial charge in [-0.1, -0.05) is 5.16 Å². The van der Waals surface area contributed by atoms with E-state index in [1.165, 1.54) is 18.5 Å². The van der Waals surface area contributed by atoms with Crippen LogP contribution in [0, 0.1) is 0 Å². The minimum absolute atomic E-state index is 0.0150. The summed E-state index contributed by atoms with van der Waals surface area (Å²) in [6.07, 6.45) is 2.86. The van der Waals surface area contributed by atoms with E-state index in [0.717, 1.165) is 0 Å². The van der Waals surface area contributed by atoms with Gasteiger partial charge in [-0.3, -0.25) is 0 Å². The van der Waals surface area contributed by atoms with Gasteiger partial charge in [0.15, 0.2) is 11.6 Å². The fraction of sp³-hybridized carbons (Fsp3) is 0.111. The molecule has 0 aliphatic carbocycles. The number of anilines is 1. The minimum atomic E-state index is -3.77. The van der Waals surface area contributed by atoms with Crippen LogP contribution in [0.2, 0.25) is 0 Å². The second-order valence-corrected chi connectivity index (χ2v) is 6.10. The molecule has 0 atom stereocenters. The number of sulfonamides is 1. The van der Waals surface area contributed by atoms with Gasteiger partial charge in [0.05, 0.1) is 12.7 Å². The Morgan fingerprint density at radius 2 is 2.26 bits per heavy atom. The van der Waals surface area contributed by atoms with E-state index in [2.05, 4.69) is 36.2 Å². The van der Waals surface area contributed by atoms with Crippen molar-refractivity contribution in [2.24, 2.45) is 5.84 Å². The highest BCUT2D eigenvalue weighted by Gasteiger charge is 2.20. The molecule has 0 unspecified atom stereocenters. The van der Waals surface area contributed by atoms with Gasteiger partial charge >= 0.3 is 0 Å². The van der Waals surface area contributed by atoms with E-state index < -0.39 is 10.0 Å². The zero-order valence-electron chi connectivity index (χ0n) is 9.50. The summed E-state index contributed by atoms with van der Waals surface area (Å²) in [6.45, 7) is -0.0150. The summed E-state index contributed by atoms with van der Waals surface area (Å²) in [5, 5.41) is 3.48. The van der Waals surface area contributed by atoms with E-state index in [1.807, 2.05) is 0 Å². The third-order valence-electron chi connectivity index (χ3n) is 2.17. The summed E-state index contributed by atoms with van der Waals surface area (Å²) in [5.41, 5.74) is 2.24. The highest BCUT2D eigenvalue weighted by molar-refractivity contribution is 9.10. The molecular formula is C9H10BrN5O3S. The predicted octanol–water partition coefficient (Wildman–Crippen LogP) is 0.596. The first-order chi connectivity index (χ1) is 9.03. The van der Waals surface area contributed by atoms with Crippen molar-refractivity contribution >= 4 is 31.8 Å². The molecule has 2 rings (SSSR count). The maximum Gasteiger partial charge on any atom is 0.244 e. The maximum atomic E-state index is 12.1. The topological polar surface area (TPSA) is 123 Å². The summed E-state index contributed by atoms with van der Waals surface area (Å²) in [5.74, 6) is 5.69. The van der Waals surface area contributed by atoms with Crippen LogP contribution in [-0.2, 0) is 16.6 Å². The predicted molar refractivity (Wildman–Crippen MR) is 70.3 cm³/mol. The highest BCUT2D eigenvalue weighted by Crippen LogP contribution is 2.22. The molecule has 0 aliphatic rings. The van der Waals surface area contributed by atoms with Crippen molar-refractivity contribution in [2.75, 3.05) is 5.43 Å². The monoisotopic (exact) mass is 347 g/mol. The number of pyridine rings is 1. The number of halogens is 1. The van der Waals surface area contributed by atoms with E-state index in [0.29, 0.717) is 10.2 Å². The zero-order chi connectivity index (χ0) is 13.9. The highest BCUT2D eigenvalue weighted by atomic mass is 79.9. The van der Waals surface area contributed by atoms with Crippen LogP contribution in [0.25, 0.3) is 0 Å². The molecule has 102 valence electrons. The quantitative estimate of drug-likeness (QED) is 0.534. The van der Waals surface area contributed by atoms with Gasteiger partial charge in [-0.05, 0) is 22.0 Å². The number of aromatic nitrogens is 2. The van der Waals surface area contributed by atoms with E-state index in [9.17, 15) is 8.42 Å². The summed E-state index contributed by atoms with van der Waals surface area (Å²) in [6, 6.07) is 2.95. The number of nitrogens with one attached hydrogen (secondary N) is 2. The Balaban J connectivity index is 2.26. The molecule has 2 aromatic rings. The van der Waals surface area contributed by atoms with Crippen LogP contribution in [0.3, 0.4) is 0 Å². The molecule has 0 saturated carbocycles. The molecule has 4 N–H and O–H groups in total. The summed E-state index contributed by atoms with van der Waals surface area (Å²) in [4.78, 5) is 3.80. The van der Waals surface area contributed by atoms with Gasteiger partial charge < -0.3 is 9.95 Å². The van der Waals surface area contributed by atoms with E-state index in [4.69, 9.17) is 10.4 Å². The van der Waals surface area contributed by atoms with Crippen molar-refractivity contribution in [3.05, 3.63) is 34.8 Å². The van der Waals surface area contributed by atoms with Crippen molar-refractivity contribution in [3.8, 4) is 0 Å². The first-order valence-corrected chi connectivity index (χ1v) is 7.32. The van der Waals surface area contributed by atoms with Gasteiger partial charge in [-0.25, -0.2) is 24.0 Å². The first kappa shape index (κ1) is 13.9. The third kappa shape index (κ3) is 3.29. The molecule has 0 radical (unpaired) electrons. The van der Waals surface area contributed by atoms with Crippen LogP contribution in [0.5, 0.6) is 0 Å². The molecule has 8 nitrogen and oxygen atoms in total. The average Bonchev–Trinajstić information content (AvgIpc) is 2.89. The van der Waals surface area contributed by atoms with Gasteiger partial charge in [-0.2, -0.15) is 0 Å². The van der Waals surface area contributed by atoms with Crippen LogP contribution in [0.15, 0.2) is 38.4 Å². The lowest BCUT2D eigenvalue weighted by atomic mass is 10.5. The van der Waals surface area contributed by atoms with Crippen LogP contribution >= 0.6 is 15.9 Å². The molecule has 2 aromatic heterocycles. The second-order valence-electron chi connectivity index (χ2n) is 3.45. The fourth-order valence-corrected chi connectivity index (χ4v) is 2.93.